The molecular weight excluding hydrogens is 355 g/mol. The van der Waals surface area contributed by atoms with E-state index in [2.05, 4.69) is 66.7 Å². The summed E-state index contributed by atoms with van der Waals surface area (Å²) < 4.78 is 6.18. The third-order valence-corrected chi connectivity index (χ3v) is 6.66. The number of rotatable bonds is 4. The van der Waals surface area contributed by atoms with E-state index in [1.165, 1.54) is 43.8 Å². The lowest BCUT2D eigenvalue weighted by Crippen LogP contribution is -2.49. The topological polar surface area (TPSA) is 29.5 Å². The Labute approximate surface area is 172 Å². The van der Waals surface area contributed by atoms with Crippen LogP contribution in [-0.4, -0.2) is 23.8 Å². The van der Waals surface area contributed by atoms with Crippen LogP contribution in [0.5, 0.6) is 0 Å². The van der Waals surface area contributed by atoms with Crippen LogP contribution in [0.15, 0.2) is 66.7 Å². The van der Waals surface area contributed by atoms with Crippen molar-refractivity contribution in [2.75, 3.05) is 0 Å². The molecular formula is C26H25BO2. The third kappa shape index (κ3) is 2.80. The van der Waals surface area contributed by atoms with E-state index in [1.54, 1.807) is 13.8 Å². The van der Waals surface area contributed by atoms with Gasteiger partial charge in [0.2, 0.25) is 0 Å². The highest BCUT2D eigenvalue weighted by molar-refractivity contribution is 6.52. The molecule has 0 radical (unpaired) electrons. The molecule has 0 saturated heterocycles. The highest BCUT2D eigenvalue weighted by Crippen LogP contribution is 2.48. The summed E-state index contributed by atoms with van der Waals surface area (Å²) in [5.74, 6) is 0. The van der Waals surface area contributed by atoms with E-state index in [9.17, 15) is 5.11 Å². The summed E-state index contributed by atoms with van der Waals surface area (Å²) in [5.41, 5.74) is 4.79. The first kappa shape index (κ1) is 18.4. The minimum atomic E-state index is -0.918. The van der Waals surface area contributed by atoms with Crippen LogP contribution in [0.4, 0.5) is 0 Å². The second kappa shape index (κ2) is 6.19. The average Bonchev–Trinajstić information content (AvgIpc) is 3.00. The van der Waals surface area contributed by atoms with Crippen molar-refractivity contribution < 1.29 is 9.76 Å². The fraction of sp³-hybridized carbons (Fsp3) is 0.231. The van der Waals surface area contributed by atoms with Crippen LogP contribution >= 0.6 is 0 Å². The number of fused-ring (bicyclic) bond motifs is 4. The van der Waals surface area contributed by atoms with Crippen molar-refractivity contribution in [2.45, 2.75) is 38.9 Å². The highest BCUT2D eigenvalue weighted by Gasteiger charge is 2.36. The Hall–Kier alpha value is -2.62. The number of hydrogen-bond acceptors (Lipinski definition) is 2. The second-order valence-electron chi connectivity index (χ2n) is 9.10. The van der Waals surface area contributed by atoms with Crippen molar-refractivity contribution in [1.29, 1.82) is 0 Å². The first-order valence-corrected chi connectivity index (χ1v) is 10.2. The molecule has 144 valence electrons. The average molecular weight is 380 g/mol. The minimum absolute atomic E-state index is 0.468. The predicted octanol–water partition coefficient (Wildman–Crippen LogP) is 5.18. The first-order chi connectivity index (χ1) is 13.8. The standard InChI is InChI=1S/C26H25BO2/c1-25(2,28)26(3,4)29-27-23-13-12-19-22-15-17-9-6-5-8-16(17)14-21(22)18-10-7-11-20(23)24(18)19/h5-15,27-28H,1-4H3. The van der Waals surface area contributed by atoms with Crippen molar-refractivity contribution >= 4 is 34.5 Å². The fourth-order valence-corrected chi connectivity index (χ4v) is 4.16. The van der Waals surface area contributed by atoms with Gasteiger partial charge in [-0.05, 0) is 89.1 Å². The van der Waals surface area contributed by atoms with Gasteiger partial charge in [0.25, 0.3) is 0 Å². The van der Waals surface area contributed by atoms with Crippen molar-refractivity contribution in [3.8, 4) is 22.3 Å². The van der Waals surface area contributed by atoms with Crippen molar-refractivity contribution in [2.24, 2.45) is 0 Å². The quantitative estimate of drug-likeness (QED) is 0.435. The predicted molar refractivity (Wildman–Crippen MR) is 124 cm³/mol. The lowest BCUT2D eigenvalue weighted by atomic mass is 9.79. The summed E-state index contributed by atoms with van der Waals surface area (Å²) >= 11 is 0. The molecule has 0 spiro atoms. The van der Waals surface area contributed by atoms with Gasteiger partial charge in [0.15, 0.2) is 0 Å². The van der Waals surface area contributed by atoms with Gasteiger partial charge in [-0.2, -0.15) is 0 Å². The molecule has 0 fully saturated rings. The normalized spacial score (nSPS) is 13.1. The van der Waals surface area contributed by atoms with E-state index in [0.717, 1.165) is 5.46 Å². The van der Waals surface area contributed by atoms with E-state index in [1.807, 2.05) is 13.8 Å². The number of benzene rings is 4. The Morgan fingerprint density at radius 2 is 1.34 bits per heavy atom. The van der Waals surface area contributed by atoms with E-state index >= 15 is 0 Å². The molecule has 0 heterocycles. The maximum Gasteiger partial charge on any atom is 0.310 e. The van der Waals surface area contributed by atoms with E-state index in [0.29, 0.717) is 7.48 Å². The fourth-order valence-electron chi connectivity index (χ4n) is 4.16. The third-order valence-electron chi connectivity index (χ3n) is 6.66. The molecule has 0 aromatic heterocycles. The highest BCUT2D eigenvalue weighted by atomic mass is 16.5. The molecule has 2 nitrogen and oxygen atoms in total. The summed E-state index contributed by atoms with van der Waals surface area (Å²) in [4.78, 5) is 0. The Bertz CT molecular complexity index is 1220. The summed E-state index contributed by atoms with van der Waals surface area (Å²) in [6.07, 6.45) is 0. The maximum atomic E-state index is 10.4. The number of hydrogen-bond donors (Lipinski definition) is 1. The van der Waals surface area contributed by atoms with Crippen LogP contribution in [0, 0.1) is 0 Å². The van der Waals surface area contributed by atoms with E-state index in [-0.39, 0.29) is 0 Å². The zero-order valence-electron chi connectivity index (χ0n) is 17.4. The van der Waals surface area contributed by atoms with Crippen LogP contribution in [0.3, 0.4) is 0 Å². The van der Waals surface area contributed by atoms with Gasteiger partial charge in [0, 0.05) is 0 Å². The Kier molecular flexibility index (Phi) is 3.93. The van der Waals surface area contributed by atoms with Gasteiger partial charge < -0.3 is 9.76 Å². The molecule has 0 aliphatic heterocycles. The molecule has 0 saturated carbocycles. The molecule has 3 heteroatoms. The molecule has 0 bridgehead atoms. The zero-order chi connectivity index (χ0) is 20.4. The summed E-state index contributed by atoms with van der Waals surface area (Å²) in [5, 5.41) is 15.5. The molecule has 5 rings (SSSR count). The molecule has 1 N–H and O–H groups in total. The molecule has 29 heavy (non-hydrogen) atoms. The lowest BCUT2D eigenvalue weighted by Gasteiger charge is -2.37. The zero-order valence-corrected chi connectivity index (χ0v) is 17.4. The van der Waals surface area contributed by atoms with Gasteiger partial charge in [0.05, 0.1) is 11.2 Å². The van der Waals surface area contributed by atoms with Gasteiger partial charge >= 0.3 is 7.48 Å². The van der Waals surface area contributed by atoms with Crippen molar-refractivity contribution in [3.05, 3.63) is 66.7 Å². The summed E-state index contributed by atoms with van der Waals surface area (Å²) in [7, 11) is 0.468. The van der Waals surface area contributed by atoms with Gasteiger partial charge in [-0.15, -0.1) is 0 Å². The Balaban J connectivity index is 1.64. The van der Waals surface area contributed by atoms with Crippen LogP contribution in [0.1, 0.15) is 27.7 Å². The lowest BCUT2D eigenvalue weighted by molar-refractivity contribution is -0.0893. The molecule has 1 aliphatic carbocycles. The monoisotopic (exact) mass is 380 g/mol. The van der Waals surface area contributed by atoms with Crippen molar-refractivity contribution in [1.82, 2.24) is 0 Å². The Morgan fingerprint density at radius 3 is 1.97 bits per heavy atom. The van der Waals surface area contributed by atoms with Gasteiger partial charge in [0.1, 0.15) is 0 Å². The molecule has 0 amide bonds. The largest absolute Gasteiger partial charge is 0.427 e. The molecule has 4 aromatic rings. The number of aliphatic hydroxyl groups is 1. The van der Waals surface area contributed by atoms with Crippen LogP contribution < -0.4 is 5.46 Å². The summed E-state index contributed by atoms with van der Waals surface area (Å²) in [6.45, 7) is 7.46. The maximum absolute atomic E-state index is 10.4. The summed E-state index contributed by atoms with van der Waals surface area (Å²) in [6, 6.07) is 24.1. The smallest absolute Gasteiger partial charge is 0.310 e. The van der Waals surface area contributed by atoms with Gasteiger partial charge in [-0.3, -0.25) is 0 Å². The van der Waals surface area contributed by atoms with E-state index < -0.39 is 11.2 Å². The van der Waals surface area contributed by atoms with Crippen LogP contribution in [0.25, 0.3) is 43.8 Å². The molecule has 4 aromatic carbocycles. The van der Waals surface area contributed by atoms with E-state index in [4.69, 9.17) is 4.65 Å². The molecule has 1 aliphatic rings. The molecule has 0 unspecified atom stereocenters. The minimum Gasteiger partial charge on any atom is -0.427 e. The first-order valence-electron chi connectivity index (χ1n) is 10.2. The van der Waals surface area contributed by atoms with Crippen LogP contribution in [0.2, 0.25) is 0 Å². The van der Waals surface area contributed by atoms with Gasteiger partial charge in [-0.1, -0.05) is 54.6 Å². The van der Waals surface area contributed by atoms with Gasteiger partial charge in [-0.25, -0.2) is 0 Å². The Morgan fingerprint density at radius 1 is 0.724 bits per heavy atom. The van der Waals surface area contributed by atoms with Crippen LogP contribution in [-0.2, 0) is 4.65 Å². The second-order valence-corrected chi connectivity index (χ2v) is 9.10. The molecule has 0 atom stereocenters. The van der Waals surface area contributed by atoms with Crippen molar-refractivity contribution in [3.63, 3.8) is 0 Å². The SMILES string of the molecule is CC(C)(O)C(C)(C)OBc1ccc2c3c(cccc13)-c1cc3ccccc3cc1-2.